The molecule has 2 heterocycles. The van der Waals surface area contributed by atoms with Gasteiger partial charge in [0.05, 0.1) is 11.9 Å². The van der Waals surface area contributed by atoms with Gasteiger partial charge in [-0.1, -0.05) is 0 Å². The fraction of sp³-hybridized carbons (Fsp3) is 0.727. The molecule has 2 bridgehead atoms. The van der Waals surface area contributed by atoms with Crippen molar-refractivity contribution in [3.63, 3.8) is 0 Å². The fourth-order valence-corrected chi connectivity index (χ4v) is 2.77. The monoisotopic (exact) mass is 196 g/mol. The van der Waals surface area contributed by atoms with Gasteiger partial charge in [-0.15, -0.1) is 0 Å². The second kappa shape index (κ2) is 2.60. The van der Waals surface area contributed by atoms with E-state index in [1.54, 1.807) is 0 Å². The highest BCUT2D eigenvalue weighted by atomic mass is 16.5. The third-order valence-corrected chi connectivity index (χ3v) is 3.49. The first kappa shape index (κ1) is 9.71. The summed E-state index contributed by atoms with van der Waals surface area (Å²) in [6.45, 7) is 5.77. The van der Waals surface area contributed by atoms with E-state index in [1.165, 1.54) is 0 Å². The molecule has 2 atom stereocenters. The van der Waals surface area contributed by atoms with E-state index in [9.17, 15) is 4.79 Å². The minimum atomic E-state index is -0.715. The molecule has 0 amide bonds. The van der Waals surface area contributed by atoms with Gasteiger partial charge in [0.2, 0.25) is 0 Å². The van der Waals surface area contributed by atoms with Gasteiger partial charge in [-0.25, -0.2) is 0 Å². The van der Waals surface area contributed by atoms with Crippen LogP contribution in [-0.2, 0) is 9.53 Å². The van der Waals surface area contributed by atoms with Crippen LogP contribution in [0.15, 0.2) is 11.8 Å². The number of rotatable bonds is 0. The van der Waals surface area contributed by atoms with Crippen LogP contribution in [0.4, 0.5) is 0 Å². The van der Waals surface area contributed by atoms with Crippen molar-refractivity contribution in [3.8, 4) is 0 Å². The molecule has 0 aromatic carbocycles. The molecule has 3 heteroatoms. The molecule has 1 N–H and O–H groups in total. The second-order valence-corrected chi connectivity index (χ2v) is 4.94. The van der Waals surface area contributed by atoms with Crippen molar-refractivity contribution in [1.29, 1.82) is 0 Å². The van der Waals surface area contributed by atoms with Crippen LogP contribution in [0, 0.1) is 5.92 Å². The molecule has 0 aromatic rings. The number of hydrogen-bond donors (Lipinski definition) is 1. The number of carbonyl (C=O) groups excluding carboxylic acids is 1. The van der Waals surface area contributed by atoms with Crippen molar-refractivity contribution in [2.24, 2.45) is 5.92 Å². The zero-order chi connectivity index (χ0) is 10.6. The quantitative estimate of drug-likeness (QED) is 0.476. The van der Waals surface area contributed by atoms with Crippen LogP contribution in [0.1, 0.15) is 33.6 Å². The van der Waals surface area contributed by atoms with Gasteiger partial charge in [0.1, 0.15) is 5.60 Å². The first-order valence-electron chi connectivity index (χ1n) is 5.00. The van der Waals surface area contributed by atoms with Crippen LogP contribution >= 0.6 is 0 Å². The molecule has 2 aliphatic heterocycles. The number of fused-ring (bicyclic) bond motifs is 3. The standard InChI is InChI=1S/C11H16O3/c1-10(2)8-4-5-11(3,14-10)9(13)7(8)6-12/h6,8,12H,4-5H2,1-3H3/b7-6-/t8-,11+/m0/s1. The topological polar surface area (TPSA) is 46.5 Å². The number of Topliss-reactive ketones (excluding diaryl/α,β-unsaturated/α-hetero) is 1. The first-order chi connectivity index (χ1) is 6.41. The molecule has 3 fully saturated rings. The normalized spacial score (nSPS) is 43.2. The van der Waals surface area contributed by atoms with Crippen LogP contribution in [0.5, 0.6) is 0 Å². The minimum absolute atomic E-state index is 0.0434. The van der Waals surface area contributed by atoms with E-state index in [4.69, 9.17) is 9.84 Å². The zero-order valence-electron chi connectivity index (χ0n) is 8.83. The van der Waals surface area contributed by atoms with Crippen LogP contribution < -0.4 is 0 Å². The maximum atomic E-state index is 11.9. The average molecular weight is 196 g/mol. The Morgan fingerprint density at radius 3 is 2.64 bits per heavy atom. The van der Waals surface area contributed by atoms with Gasteiger partial charge in [-0.2, -0.15) is 0 Å². The smallest absolute Gasteiger partial charge is 0.193 e. The van der Waals surface area contributed by atoms with Gasteiger partial charge >= 0.3 is 0 Å². The Hall–Kier alpha value is -0.830. The lowest BCUT2D eigenvalue weighted by molar-refractivity contribution is -0.206. The van der Waals surface area contributed by atoms with Crippen molar-refractivity contribution in [1.82, 2.24) is 0 Å². The molecule has 0 spiro atoms. The van der Waals surface area contributed by atoms with E-state index in [0.717, 1.165) is 19.1 Å². The third-order valence-electron chi connectivity index (χ3n) is 3.49. The SMILES string of the molecule is CC1(C)O[C@]2(C)CC[C@H]1/C(=C/O)C2=O. The van der Waals surface area contributed by atoms with Crippen LogP contribution in [0.2, 0.25) is 0 Å². The third kappa shape index (κ3) is 1.05. The van der Waals surface area contributed by atoms with E-state index < -0.39 is 5.60 Å². The summed E-state index contributed by atoms with van der Waals surface area (Å²) in [5.41, 5.74) is -0.516. The van der Waals surface area contributed by atoms with Gasteiger partial charge in [-0.05, 0) is 33.6 Å². The van der Waals surface area contributed by atoms with Gasteiger partial charge < -0.3 is 9.84 Å². The highest BCUT2D eigenvalue weighted by Gasteiger charge is 2.56. The molecule has 3 rings (SSSR count). The Labute approximate surface area is 83.8 Å². The predicted octanol–water partition coefficient (Wildman–Crippen LogP) is 1.97. The van der Waals surface area contributed by atoms with Crippen LogP contribution in [0.3, 0.4) is 0 Å². The molecular weight excluding hydrogens is 180 g/mol. The lowest BCUT2D eigenvalue weighted by Crippen LogP contribution is -2.60. The van der Waals surface area contributed by atoms with Gasteiger partial charge in [-0.3, -0.25) is 4.79 Å². The van der Waals surface area contributed by atoms with E-state index in [0.29, 0.717) is 5.57 Å². The van der Waals surface area contributed by atoms with E-state index in [-0.39, 0.29) is 17.3 Å². The molecular formula is C11H16O3. The number of carbonyl (C=O) groups is 1. The van der Waals surface area contributed by atoms with Gasteiger partial charge in [0.25, 0.3) is 0 Å². The van der Waals surface area contributed by atoms with Gasteiger partial charge in [0.15, 0.2) is 5.78 Å². The summed E-state index contributed by atoms with van der Waals surface area (Å²) in [5, 5.41) is 9.09. The van der Waals surface area contributed by atoms with Crippen molar-refractivity contribution in [2.75, 3.05) is 0 Å². The summed E-state index contributed by atoms with van der Waals surface area (Å²) in [6, 6.07) is 0. The van der Waals surface area contributed by atoms with Crippen molar-refractivity contribution < 1.29 is 14.6 Å². The minimum Gasteiger partial charge on any atom is -0.515 e. The number of aliphatic hydroxyl groups is 1. The molecule has 1 saturated carbocycles. The summed E-state index contributed by atoms with van der Waals surface area (Å²) in [7, 11) is 0. The second-order valence-electron chi connectivity index (χ2n) is 4.94. The summed E-state index contributed by atoms with van der Waals surface area (Å²) >= 11 is 0. The molecule has 0 unspecified atom stereocenters. The van der Waals surface area contributed by atoms with Crippen molar-refractivity contribution in [2.45, 2.75) is 44.8 Å². The molecule has 0 aromatic heterocycles. The maximum absolute atomic E-state index is 11.9. The highest BCUT2D eigenvalue weighted by Crippen LogP contribution is 2.49. The molecule has 78 valence electrons. The van der Waals surface area contributed by atoms with E-state index in [1.807, 2.05) is 20.8 Å². The van der Waals surface area contributed by atoms with Gasteiger partial charge in [0, 0.05) is 11.5 Å². The molecule has 2 saturated heterocycles. The molecule has 0 radical (unpaired) electrons. The molecule has 1 aliphatic carbocycles. The number of ketones is 1. The highest BCUT2D eigenvalue weighted by molar-refractivity contribution is 6.03. The Bertz CT molecular complexity index is 316. The largest absolute Gasteiger partial charge is 0.515 e. The van der Waals surface area contributed by atoms with Crippen LogP contribution in [0.25, 0.3) is 0 Å². The predicted molar refractivity (Wildman–Crippen MR) is 52.0 cm³/mol. The molecule has 3 nitrogen and oxygen atoms in total. The summed E-state index contributed by atoms with van der Waals surface area (Å²) < 4.78 is 5.80. The first-order valence-corrected chi connectivity index (χ1v) is 5.00. The Balaban J connectivity index is 2.48. The van der Waals surface area contributed by atoms with E-state index >= 15 is 0 Å². The molecule has 14 heavy (non-hydrogen) atoms. The van der Waals surface area contributed by atoms with Crippen molar-refractivity contribution >= 4 is 5.78 Å². The lowest BCUT2D eigenvalue weighted by Gasteiger charge is -2.53. The number of ether oxygens (including phenoxy) is 1. The fourth-order valence-electron chi connectivity index (χ4n) is 2.77. The Kier molecular flexibility index (Phi) is 1.80. The zero-order valence-corrected chi connectivity index (χ0v) is 8.83. The summed E-state index contributed by atoms with van der Waals surface area (Å²) in [6.07, 6.45) is 2.65. The van der Waals surface area contributed by atoms with Crippen LogP contribution in [-0.4, -0.2) is 22.1 Å². The number of aliphatic hydroxyl groups excluding tert-OH is 1. The average Bonchev–Trinajstić information content (AvgIpc) is 2.06. The van der Waals surface area contributed by atoms with E-state index in [2.05, 4.69) is 0 Å². The maximum Gasteiger partial charge on any atom is 0.193 e. The lowest BCUT2D eigenvalue weighted by atomic mass is 9.65. The Morgan fingerprint density at radius 1 is 1.50 bits per heavy atom. The molecule has 3 aliphatic rings. The Morgan fingerprint density at radius 2 is 2.14 bits per heavy atom. The summed E-state index contributed by atoms with van der Waals surface area (Å²) in [5.74, 6) is -0.00241. The summed E-state index contributed by atoms with van der Waals surface area (Å²) in [4.78, 5) is 11.9. The van der Waals surface area contributed by atoms with Crippen molar-refractivity contribution in [3.05, 3.63) is 11.8 Å². The number of hydrogen-bond acceptors (Lipinski definition) is 3.